The third kappa shape index (κ3) is 4.31. The van der Waals surface area contributed by atoms with Gasteiger partial charge in [0.15, 0.2) is 0 Å². The molecule has 21 heavy (non-hydrogen) atoms. The summed E-state index contributed by atoms with van der Waals surface area (Å²) in [5, 5.41) is 3.39. The van der Waals surface area contributed by atoms with Crippen LogP contribution in [0.3, 0.4) is 0 Å². The summed E-state index contributed by atoms with van der Waals surface area (Å²) < 4.78 is 10.9. The molecule has 1 N–H and O–H groups in total. The van der Waals surface area contributed by atoms with E-state index in [0.29, 0.717) is 13.2 Å². The monoisotopic (exact) mass is 285 g/mol. The smallest absolute Gasteiger partial charge is 0.127 e. The minimum atomic E-state index is 0.558. The van der Waals surface area contributed by atoms with Gasteiger partial charge in [0.25, 0.3) is 0 Å². The van der Waals surface area contributed by atoms with Crippen LogP contribution in [0, 0.1) is 0 Å². The highest BCUT2D eigenvalue weighted by Crippen LogP contribution is 2.32. The van der Waals surface area contributed by atoms with Gasteiger partial charge in [-0.25, -0.2) is 0 Å². The standard InChI is InChI=1S/C18H23NO2/c1-3-19-14-15-8-4-5-9-16(15)17-10-6-7-11-18(17)21-13-12-20-2/h4-11,19H,3,12-14H2,1-2H3. The van der Waals surface area contributed by atoms with E-state index >= 15 is 0 Å². The summed E-state index contributed by atoms with van der Waals surface area (Å²) in [7, 11) is 1.68. The summed E-state index contributed by atoms with van der Waals surface area (Å²) in [5.74, 6) is 0.901. The van der Waals surface area contributed by atoms with E-state index < -0.39 is 0 Å². The zero-order valence-corrected chi connectivity index (χ0v) is 12.8. The van der Waals surface area contributed by atoms with Crippen molar-refractivity contribution in [2.75, 3.05) is 26.9 Å². The van der Waals surface area contributed by atoms with Gasteiger partial charge in [0, 0.05) is 19.2 Å². The highest BCUT2D eigenvalue weighted by molar-refractivity contribution is 5.73. The lowest BCUT2D eigenvalue weighted by Gasteiger charge is -2.15. The van der Waals surface area contributed by atoms with E-state index in [1.54, 1.807) is 7.11 Å². The molecule has 0 saturated carbocycles. The molecule has 0 aliphatic rings. The topological polar surface area (TPSA) is 30.5 Å². The van der Waals surface area contributed by atoms with Crippen molar-refractivity contribution >= 4 is 0 Å². The Morgan fingerprint density at radius 3 is 2.38 bits per heavy atom. The molecule has 0 saturated heterocycles. The van der Waals surface area contributed by atoms with Crippen LogP contribution in [-0.2, 0) is 11.3 Å². The molecule has 0 aliphatic heterocycles. The van der Waals surface area contributed by atoms with Crippen LogP contribution in [-0.4, -0.2) is 26.9 Å². The van der Waals surface area contributed by atoms with Crippen molar-refractivity contribution in [3.05, 3.63) is 54.1 Å². The molecule has 0 aliphatic carbocycles. The fourth-order valence-corrected chi connectivity index (χ4v) is 2.25. The average molecular weight is 285 g/mol. The molecule has 0 heterocycles. The largest absolute Gasteiger partial charge is 0.491 e. The van der Waals surface area contributed by atoms with Crippen molar-refractivity contribution in [3.63, 3.8) is 0 Å². The van der Waals surface area contributed by atoms with Crippen LogP contribution >= 0.6 is 0 Å². The number of para-hydroxylation sites is 1. The number of nitrogens with one attached hydrogen (secondary N) is 1. The first kappa shape index (κ1) is 15.5. The summed E-state index contributed by atoms with van der Waals surface area (Å²) in [4.78, 5) is 0. The lowest BCUT2D eigenvalue weighted by atomic mass is 9.99. The SMILES string of the molecule is CCNCc1ccccc1-c1ccccc1OCCOC. The summed E-state index contributed by atoms with van der Waals surface area (Å²) in [6.45, 7) is 5.08. The lowest BCUT2D eigenvalue weighted by molar-refractivity contribution is 0.146. The maximum Gasteiger partial charge on any atom is 0.127 e. The number of benzene rings is 2. The van der Waals surface area contributed by atoms with E-state index in [2.05, 4.69) is 42.6 Å². The van der Waals surface area contributed by atoms with E-state index in [1.165, 1.54) is 11.1 Å². The minimum absolute atomic E-state index is 0.558. The molecule has 0 amide bonds. The van der Waals surface area contributed by atoms with Crippen molar-refractivity contribution in [1.82, 2.24) is 5.32 Å². The zero-order chi connectivity index (χ0) is 14.9. The second-order valence-corrected chi connectivity index (χ2v) is 4.77. The van der Waals surface area contributed by atoms with Crippen LogP contribution in [0.5, 0.6) is 5.75 Å². The number of methoxy groups -OCH3 is 1. The van der Waals surface area contributed by atoms with Gasteiger partial charge in [0.1, 0.15) is 12.4 Å². The van der Waals surface area contributed by atoms with Crippen LogP contribution in [0.1, 0.15) is 12.5 Å². The molecule has 0 spiro atoms. The van der Waals surface area contributed by atoms with Crippen molar-refractivity contribution < 1.29 is 9.47 Å². The Morgan fingerprint density at radius 1 is 0.905 bits per heavy atom. The fourth-order valence-electron chi connectivity index (χ4n) is 2.25. The van der Waals surface area contributed by atoms with Gasteiger partial charge >= 0.3 is 0 Å². The van der Waals surface area contributed by atoms with E-state index in [0.717, 1.165) is 24.4 Å². The van der Waals surface area contributed by atoms with Gasteiger partial charge in [0.05, 0.1) is 6.61 Å². The van der Waals surface area contributed by atoms with Gasteiger partial charge in [-0.3, -0.25) is 0 Å². The lowest BCUT2D eigenvalue weighted by Crippen LogP contribution is -2.12. The maximum absolute atomic E-state index is 5.85. The van der Waals surface area contributed by atoms with Crippen molar-refractivity contribution in [3.8, 4) is 16.9 Å². The summed E-state index contributed by atoms with van der Waals surface area (Å²) in [6.07, 6.45) is 0. The van der Waals surface area contributed by atoms with Gasteiger partial charge in [-0.15, -0.1) is 0 Å². The predicted molar refractivity (Wildman–Crippen MR) is 86.6 cm³/mol. The van der Waals surface area contributed by atoms with Gasteiger partial charge in [-0.05, 0) is 23.7 Å². The molecule has 2 aromatic carbocycles. The molecule has 0 unspecified atom stereocenters. The molecule has 3 heteroatoms. The highest BCUT2D eigenvalue weighted by atomic mass is 16.5. The molecule has 0 aromatic heterocycles. The first-order valence-electron chi connectivity index (χ1n) is 7.36. The molecule has 0 bridgehead atoms. The normalized spacial score (nSPS) is 10.6. The number of ether oxygens (including phenoxy) is 2. The van der Waals surface area contributed by atoms with Crippen molar-refractivity contribution in [2.45, 2.75) is 13.5 Å². The van der Waals surface area contributed by atoms with Crippen LogP contribution in [0.15, 0.2) is 48.5 Å². The Bertz CT molecular complexity index is 554. The highest BCUT2D eigenvalue weighted by Gasteiger charge is 2.09. The number of hydrogen-bond acceptors (Lipinski definition) is 3. The van der Waals surface area contributed by atoms with E-state index in [1.807, 2.05) is 18.2 Å². The molecular weight excluding hydrogens is 262 g/mol. The zero-order valence-electron chi connectivity index (χ0n) is 12.8. The number of hydrogen-bond donors (Lipinski definition) is 1. The fraction of sp³-hybridized carbons (Fsp3) is 0.333. The molecule has 112 valence electrons. The van der Waals surface area contributed by atoms with Crippen LogP contribution < -0.4 is 10.1 Å². The van der Waals surface area contributed by atoms with Crippen LogP contribution in [0.2, 0.25) is 0 Å². The molecule has 2 rings (SSSR count). The van der Waals surface area contributed by atoms with Gasteiger partial charge in [-0.1, -0.05) is 49.4 Å². The molecule has 0 radical (unpaired) electrons. The van der Waals surface area contributed by atoms with Crippen molar-refractivity contribution in [2.24, 2.45) is 0 Å². The first-order chi connectivity index (χ1) is 10.4. The van der Waals surface area contributed by atoms with Gasteiger partial charge in [0.2, 0.25) is 0 Å². The first-order valence-corrected chi connectivity index (χ1v) is 7.36. The second-order valence-electron chi connectivity index (χ2n) is 4.77. The van der Waals surface area contributed by atoms with Gasteiger partial charge < -0.3 is 14.8 Å². The Balaban J connectivity index is 2.28. The molecule has 0 fully saturated rings. The minimum Gasteiger partial charge on any atom is -0.491 e. The summed E-state index contributed by atoms with van der Waals surface area (Å²) >= 11 is 0. The summed E-state index contributed by atoms with van der Waals surface area (Å²) in [6, 6.07) is 16.6. The van der Waals surface area contributed by atoms with E-state index in [4.69, 9.17) is 9.47 Å². The molecular formula is C18H23NO2. The van der Waals surface area contributed by atoms with Gasteiger partial charge in [-0.2, -0.15) is 0 Å². The average Bonchev–Trinajstić information content (AvgIpc) is 2.54. The Morgan fingerprint density at radius 2 is 1.62 bits per heavy atom. The quantitative estimate of drug-likeness (QED) is 0.753. The maximum atomic E-state index is 5.85. The van der Waals surface area contributed by atoms with E-state index in [-0.39, 0.29) is 0 Å². The van der Waals surface area contributed by atoms with Crippen molar-refractivity contribution in [1.29, 1.82) is 0 Å². The number of rotatable bonds is 8. The third-order valence-electron chi connectivity index (χ3n) is 3.31. The summed E-state index contributed by atoms with van der Waals surface area (Å²) in [5.41, 5.74) is 3.62. The Hall–Kier alpha value is -1.84. The second kappa shape index (κ2) is 8.45. The van der Waals surface area contributed by atoms with E-state index in [9.17, 15) is 0 Å². The Labute approximate surface area is 126 Å². The van der Waals surface area contributed by atoms with Crippen LogP contribution in [0.4, 0.5) is 0 Å². The third-order valence-corrected chi connectivity index (χ3v) is 3.31. The molecule has 0 atom stereocenters. The molecule has 3 nitrogen and oxygen atoms in total. The Kier molecular flexibility index (Phi) is 6.25. The molecule has 2 aromatic rings. The predicted octanol–water partition coefficient (Wildman–Crippen LogP) is 3.49. The van der Waals surface area contributed by atoms with Crippen LogP contribution in [0.25, 0.3) is 11.1 Å².